The Morgan fingerprint density at radius 2 is 2.07 bits per heavy atom. The summed E-state index contributed by atoms with van der Waals surface area (Å²) >= 11 is 0. The Kier molecular flexibility index (Phi) is 2.23. The zero-order valence-corrected chi connectivity index (χ0v) is 7.63. The van der Waals surface area contributed by atoms with Crippen LogP contribution in [0.3, 0.4) is 0 Å². The topological polar surface area (TPSA) is 38.0 Å². The maximum absolute atomic E-state index is 13.4. The van der Waals surface area contributed by atoms with Crippen molar-refractivity contribution in [2.75, 3.05) is 6.54 Å². The number of hydrogen-bond donors (Lipinski definition) is 2. The SMILES string of the molecule is NC1=C(c2ccccc2F)CNC=C1. The molecule has 3 heteroatoms. The lowest BCUT2D eigenvalue weighted by molar-refractivity contribution is 0.623. The minimum absolute atomic E-state index is 0.234. The van der Waals surface area contributed by atoms with Crippen molar-refractivity contribution in [3.8, 4) is 0 Å². The monoisotopic (exact) mass is 190 g/mol. The van der Waals surface area contributed by atoms with E-state index in [0.29, 0.717) is 17.8 Å². The summed E-state index contributed by atoms with van der Waals surface area (Å²) in [6.07, 6.45) is 3.50. The lowest BCUT2D eigenvalue weighted by Crippen LogP contribution is -2.18. The molecule has 0 aliphatic carbocycles. The summed E-state index contributed by atoms with van der Waals surface area (Å²) < 4.78 is 13.4. The molecule has 0 saturated carbocycles. The van der Waals surface area contributed by atoms with Gasteiger partial charge in [0.2, 0.25) is 0 Å². The first-order valence-electron chi connectivity index (χ1n) is 4.42. The molecule has 0 fully saturated rings. The van der Waals surface area contributed by atoms with Crippen molar-refractivity contribution in [3.63, 3.8) is 0 Å². The Labute approximate surface area is 81.9 Å². The Hall–Kier alpha value is -1.77. The van der Waals surface area contributed by atoms with Crippen molar-refractivity contribution in [2.24, 2.45) is 5.73 Å². The zero-order chi connectivity index (χ0) is 9.97. The maximum atomic E-state index is 13.4. The van der Waals surface area contributed by atoms with Crippen molar-refractivity contribution in [2.45, 2.75) is 0 Å². The fraction of sp³-hybridized carbons (Fsp3) is 0.0909. The van der Waals surface area contributed by atoms with E-state index in [-0.39, 0.29) is 5.82 Å². The third-order valence-electron chi connectivity index (χ3n) is 2.21. The maximum Gasteiger partial charge on any atom is 0.130 e. The van der Waals surface area contributed by atoms with Gasteiger partial charge >= 0.3 is 0 Å². The van der Waals surface area contributed by atoms with Crippen molar-refractivity contribution in [3.05, 3.63) is 53.6 Å². The van der Waals surface area contributed by atoms with E-state index in [1.54, 1.807) is 30.5 Å². The van der Waals surface area contributed by atoms with Gasteiger partial charge in [-0.3, -0.25) is 0 Å². The molecule has 0 aromatic heterocycles. The summed E-state index contributed by atoms with van der Waals surface area (Å²) in [5, 5.41) is 3.01. The number of nitrogens with two attached hydrogens (primary N) is 1. The molecular formula is C11H11FN2. The third kappa shape index (κ3) is 1.48. The molecule has 0 bridgehead atoms. The molecule has 2 nitrogen and oxygen atoms in total. The lowest BCUT2D eigenvalue weighted by atomic mass is 10.0. The highest BCUT2D eigenvalue weighted by Gasteiger charge is 2.11. The summed E-state index contributed by atoms with van der Waals surface area (Å²) in [5.74, 6) is -0.234. The van der Waals surface area contributed by atoms with Gasteiger partial charge in [-0.05, 0) is 18.3 Å². The van der Waals surface area contributed by atoms with Gasteiger partial charge < -0.3 is 11.1 Å². The van der Waals surface area contributed by atoms with Crippen LogP contribution in [0.5, 0.6) is 0 Å². The van der Waals surface area contributed by atoms with Crippen LogP contribution in [0.25, 0.3) is 5.57 Å². The van der Waals surface area contributed by atoms with Crippen LogP contribution in [-0.2, 0) is 0 Å². The Bertz CT molecular complexity index is 408. The fourth-order valence-electron chi connectivity index (χ4n) is 1.47. The molecule has 1 aromatic rings. The van der Waals surface area contributed by atoms with E-state index in [1.807, 2.05) is 0 Å². The van der Waals surface area contributed by atoms with Gasteiger partial charge in [-0.25, -0.2) is 4.39 Å². The van der Waals surface area contributed by atoms with Crippen LogP contribution in [-0.4, -0.2) is 6.54 Å². The normalized spacial score (nSPS) is 15.5. The Morgan fingerprint density at radius 3 is 2.79 bits per heavy atom. The molecule has 1 aliphatic heterocycles. The quantitative estimate of drug-likeness (QED) is 0.706. The number of halogens is 1. The largest absolute Gasteiger partial charge is 0.398 e. The molecule has 0 saturated heterocycles. The number of benzene rings is 1. The van der Waals surface area contributed by atoms with Crippen LogP contribution in [0, 0.1) is 5.82 Å². The molecule has 14 heavy (non-hydrogen) atoms. The molecule has 72 valence electrons. The van der Waals surface area contributed by atoms with E-state index in [0.717, 1.165) is 5.57 Å². The highest BCUT2D eigenvalue weighted by atomic mass is 19.1. The van der Waals surface area contributed by atoms with Crippen LogP contribution in [0.15, 0.2) is 42.2 Å². The van der Waals surface area contributed by atoms with Gasteiger partial charge in [0.1, 0.15) is 5.82 Å². The molecule has 0 amide bonds. The van der Waals surface area contributed by atoms with E-state index in [4.69, 9.17) is 5.73 Å². The van der Waals surface area contributed by atoms with Crippen LogP contribution in [0.4, 0.5) is 4.39 Å². The minimum atomic E-state index is -0.234. The first kappa shape index (κ1) is 8.81. The van der Waals surface area contributed by atoms with Crippen molar-refractivity contribution in [1.29, 1.82) is 0 Å². The van der Waals surface area contributed by atoms with E-state index >= 15 is 0 Å². The second kappa shape index (κ2) is 3.54. The van der Waals surface area contributed by atoms with E-state index in [2.05, 4.69) is 5.32 Å². The molecule has 1 heterocycles. The number of hydrogen-bond acceptors (Lipinski definition) is 2. The van der Waals surface area contributed by atoms with Crippen LogP contribution >= 0.6 is 0 Å². The van der Waals surface area contributed by atoms with Gasteiger partial charge in [-0.1, -0.05) is 18.2 Å². The molecule has 3 N–H and O–H groups in total. The van der Waals surface area contributed by atoms with Gasteiger partial charge in [0.25, 0.3) is 0 Å². The predicted octanol–water partition coefficient (Wildman–Crippen LogP) is 1.61. The van der Waals surface area contributed by atoms with Gasteiger partial charge in [0.05, 0.1) is 0 Å². The van der Waals surface area contributed by atoms with Gasteiger partial charge in [-0.2, -0.15) is 0 Å². The molecule has 1 aromatic carbocycles. The summed E-state index contributed by atoms with van der Waals surface area (Å²) in [7, 11) is 0. The number of nitrogens with one attached hydrogen (secondary N) is 1. The predicted molar refractivity (Wildman–Crippen MR) is 54.7 cm³/mol. The highest BCUT2D eigenvalue weighted by molar-refractivity contribution is 5.72. The third-order valence-corrected chi connectivity index (χ3v) is 2.21. The zero-order valence-electron chi connectivity index (χ0n) is 7.63. The summed E-state index contributed by atoms with van der Waals surface area (Å²) in [6, 6.07) is 6.64. The summed E-state index contributed by atoms with van der Waals surface area (Å²) in [5.41, 5.74) is 7.77. The number of allylic oxidation sites excluding steroid dienone is 1. The highest BCUT2D eigenvalue weighted by Crippen LogP contribution is 2.21. The Balaban J connectivity index is 2.49. The first-order chi connectivity index (χ1) is 6.79. The first-order valence-corrected chi connectivity index (χ1v) is 4.42. The number of rotatable bonds is 1. The molecule has 2 rings (SSSR count). The second-order valence-corrected chi connectivity index (χ2v) is 3.13. The molecule has 0 radical (unpaired) electrons. The molecule has 0 unspecified atom stereocenters. The second-order valence-electron chi connectivity index (χ2n) is 3.13. The van der Waals surface area contributed by atoms with Crippen LogP contribution < -0.4 is 11.1 Å². The standard InChI is InChI=1S/C11H11FN2/c12-10-4-2-1-3-8(10)9-7-14-6-5-11(9)13/h1-6,14H,7,13H2. The van der Waals surface area contributed by atoms with E-state index < -0.39 is 0 Å². The van der Waals surface area contributed by atoms with Gasteiger partial charge in [0, 0.05) is 23.4 Å². The lowest BCUT2D eigenvalue weighted by Gasteiger charge is -2.15. The van der Waals surface area contributed by atoms with Crippen LogP contribution in [0.1, 0.15) is 5.56 Å². The average molecular weight is 190 g/mol. The van der Waals surface area contributed by atoms with Crippen molar-refractivity contribution >= 4 is 5.57 Å². The van der Waals surface area contributed by atoms with E-state index in [9.17, 15) is 4.39 Å². The molecule has 0 atom stereocenters. The average Bonchev–Trinajstić information content (AvgIpc) is 2.20. The Morgan fingerprint density at radius 1 is 1.29 bits per heavy atom. The smallest absolute Gasteiger partial charge is 0.130 e. The molecular weight excluding hydrogens is 179 g/mol. The minimum Gasteiger partial charge on any atom is -0.398 e. The van der Waals surface area contributed by atoms with Crippen molar-refractivity contribution < 1.29 is 4.39 Å². The summed E-state index contributed by atoms with van der Waals surface area (Å²) in [6.45, 7) is 0.573. The molecule has 0 spiro atoms. The van der Waals surface area contributed by atoms with E-state index in [1.165, 1.54) is 6.07 Å². The fourth-order valence-corrected chi connectivity index (χ4v) is 1.47. The summed E-state index contributed by atoms with van der Waals surface area (Å²) in [4.78, 5) is 0. The van der Waals surface area contributed by atoms with Gasteiger partial charge in [-0.15, -0.1) is 0 Å². The molecule has 1 aliphatic rings. The number of dihydropyridines is 1. The van der Waals surface area contributed by atoms with Gasteiger partial charge in [0.15, 0.2) is 0 Å². The van der Waals surface area contributed by atoms with Crippen LogP contribution in [0.2, 0.25) is 0 Å². The van der Waals surface area contributed by atoms with Crippen molar-refractivity contribution in [1.82, 2.24) is 5.32 Å².